The van der Waals surface area contributed by atoms with E-state index in [0.717, 1.165) is 25.5 Å². The maximum Gasteiger partial charge on any atom is 0.257 e. The summed E-state index contributed by atoms with van der Waals surface area (Å²) in [5.41, 5.74) is 1.45. The summed E-state index contributed by atoms with van der Waals surface area (Å²) in [7, 11) is -1.94. The van der Waals surface area contributed by atoms with Crippen LogP contribution >= 0.6 is 11.3 Å². The zero-order valence-corrected chi connectivity index (χ0v) is 18.6. The number of carbonyl (C=O) groups excluding carboxylic acids is 1. The second kappa shape index (κ2) is 9.82. The number of aliphatic hydroxyl groups excluding tert-OH is 1. The van der Waals surface area contributed by atoms with Crippen LogP contribution in [0.3, 0.4) is 0 Å². The van der Waals surface area contributed by atoms with Crippen LogP contribution in [0.5, 0.6) is 0 Å². The van der Waals surface area contributed by atoms with Gasteiger partial charge in [0.1, 0.15) is 5.69 Å². The van der Waals surface area contributed by atoms with Crippen LogP contribution in [0.25, 0.3) is 5.57 Å². The molecule has 0 spiro atoms. The monoisotopic (exact) mass is 450 g/mol. The molecule has 2 aromatic rings. The Balaban J connectivity index is 1.83. The lowest BCUT2D eigenvalue weighted by atomic mass is 9.98. The smallest absolute Gasteiger partial charge is 0.257 e. The van der Waals surface area contributed by atoms with Crippen molar-refractivity contribution < 1.29 is 23.1 Å². The first-order valence-electron chi connectivity index (χ1n) is 9.76. The van der Waals surface area contributed by atoms with Crippen molar-refractivity contribution in [2.45, 2.75) is 43.3 Å². The summed E-state index contributed by atoms with van der Waals surface area (Å²) in [6, 6.07) is 6.33. The average Bonchev–Trinajstić information content (AvgIpc) is 3.39. The Morgan fingerprint density at radius 2 is 2.00 bits per heavy atom. The maximum atomic E-state index is 13.0. The minimum absolute atomic E-state index is 0.208. The Labute approximate surface area is 180 Å². The first kappa shape index (κ1) is 22.6. The number of aromatic nitrogens is 1. The van der Waals surface area contributed by atoms with Crippen molar-refractivity contribution in [1.82, 2.24) is 4.98 Å². The van der Waals surface area contributed by atoms with Crippen LogP contribution < -0.4 is 5.32 Å². The zero-order valence-electron chi connectivity index (χ0n) is 17.0. The Morgan fingerprint density at radius 1 is 1.33 bits per heavy atom. The molecule has 2 N–H and O–H groups in total. The Bertz CT molecular complexity index is 1010. The molecule has 0 aliphatic heterocycles. The number of aliphatic hydroxyl groups is 1. The van der Waals surface area contributed by atoms with Crippen LogP contribution in [0.15, 0.2) is 40.6 Å². The molecule has 162 valence electrons. The van der Waals surface area contributed by atoms with Crippen molar-refractivity contribution in [1.29, 1.82) is 0 Å². The van der Waals surface area contributed by atoms with Gasteiger partial charge in [0, 0.05) is 24.3 Å². The number of anilines is 1. The van der Waals surface area contributed by atoms with Crippen LogP contribution in [-0.4, -0.2) is 37.8 Å². The van der Waals surface area contributed by atoms with Gasteiger partial charge in [-0.1, -0.05) is 43.9 Å². The normalized spacial score (nSPS) is 16.6. The summed E-state index contributed by atoms with van der Waals surface area (Å²) >= 11 is 1.19. The quantitative estimate of drug-likeness (QED) is 0.468. The highest BCUT2D eigenvalue weighted by atomic mass is 32.2. The molecule has 0 radical (unpaired) electrons. The molecule has 1 atom stereocenters. The summed E-state index contributed by atoms with van der Waals surface area (Å²) < 4.78 is 28.3. The highest BCUT2D eigenvalue weighted by Gasteiger charge is 2.19. The Hall–Kier alpha value is -2.07. The molecular weight excluding hydrogens is 424 g/mol. The number of amides is 1. The summed E-state index contributed by atoms with van der Waals surface area (Å²) in [5.74, 6) is 0.235. The second-order valence-electron chi connectivity index (χ2n) is 7.42. The van der Waals surface area contributed by atoms with E-state index in [1.807, 2.05) is 6.08 Å². The predicted octanol–water partition coefficient (Wildman–Crippen LogP) is 3.79. The molecule has 1 aromatic heterocycles. The van der Waals surface area contributed by atoms with Gasteiger partial charge in [-0.05, 0) is 30.0 Å². The van der Waals surface area contributed by atoms with E-state index in [-0.39, 0.29) is 10.8 Å². The third-order valence-corrected chi connectivity index (χ3v) is 7.09. The van der Waals surface area contributed by atoms with Gasteiger partial charge >= 0.3 is 0 Å². The van der Waals surface area contributed by atoms with E-state index in [9.17, 15) is 18.3 Å². The number of ether oxygens (including phenoxy) is 1. The largest absolute Gasteiger partial charge is 0.363 e. The third-order valence-electron chi connectivity index (χ3n) is 5.19. The standard InChI is InChI=1S/C21H26N2O5S2/c1-28-20(25)18-13-29-21(22-18)23-19(24)17(12-7-14-5-3-4-6-14)15-8-10-16(11-9-15)30(2,26)27/h8-14,20,25H,3-7H2,1-2H3,(H,22,23,24)/b17-12+. The van der Waals surface area contributed by atoms with Crippen LogP contribution in [0.2, 0.25) is 0 Å². The number of rotatable bonds is 8. The molecule has 1 saturated carbocycles. The molecule has 30 heavy (non-hydrogen) atoms. The van der Waals surface area contributed by atoms with E-state index < -0.39 is 16.1 Å². The van der Waals surface area contributed by atoms with Crippen LogP contribution in [-0.2, 0) is 19.4 Å². The Morgan fingerprint density at radius 3 is 2.60 bits per heavy atom. The number of carbonyl (C=O) groups is 1. The first-order chi connectivity index (χ1) is 14.3. The van der Waals surface area contributed by atoms with Gasteiger partial charge in [-0.25, -0.2) is 13.4 Å². The lowest BCUT2D eigenvalue weighted by molar-refractivity contribution is -0.111. The molecule has 7 nitrogen and oxygen atoms in total. The van der Waals surface area contributed by atoms with Gasteiger partial charge in [0.25, 0.3) is 5.91 Å². The topological polar surface area (TPSA) is 106 Å². The second-order valence-corrected chi connectivity index (χ2v) is 10.3. The van der Waals surface area contributed by atoms with Crippen molar-refractivity contribution in [3.05, 3.63) is 47.0 Å². The first-order valence-corrected chi connectivity index (χ1v) is 12.5. The van der Waals surface area contributed by atoms with Gasteiger partial charge in [0.15, 0.2) is 21.3 Å². The van der Waals surface area contributed by atoms with E-state index in [1.54, 1.807) is 17.5 Å². The molecule has 1 fully saturated rings. The molecule has 1 unspecified atom stereocenters. The van der Waals surface area contributed by atoms with Gasteiger partial charge in [0.05, 0.1) is 4.90 Å². The summed E-state index contributed by atoms with van der Waals surface area (Å²) in [4.78, 5) is 17.4. The van der Waals surface area contributed by atoms with E-state index in [0.29, 0.717) is 27.9 Å². The van der Waals surface area contributed by atoms with Gasteiger partial charge in [-0.3, -0.25) is 10.1 Å². The number of thiazole rings is 1. The number of benzene rings is 1. The van der Waals surface area contributed by atoms with E-state index in [2.05, 4.69) is 10.3 Å². The molecule has 1 aliphatic carbocycles. The molecule has 1 amide bonds. The van der Waals surface area contributed by atoms with Crippen molar-refractivity contribution in [2.24, 2.45) is 5.92 Å². The van der Waals surface area contributed by atoms with Crippen LogP contribution in [0.4, 0.5) is 5.13 Å². The number of methoxy groups -OCH3 is 1. The van der Waals surface area contributed by atoms with Gasteiger partial charge < -0.3 is 9.84 Å². The van der Waals surface area contributed by atoms with Crippen molar-refractivity contribution in [2.75, 3.05) is 18.7 Å². The summed E-state index contributed by atoms with van der Waals surface area (Å²) in [5, 5.41) is 14.5. The number of nitrogens with zero attached hydrogens (tertiary/aromatic N) is 1. The van der Waals surface area contributed by atoms with Gasteiger partial charge in [-0.15, -0.1) is 11.3 Å². The summed E-state index contributed by atoms with van der Waals surface area (Å²) in [6.45, 7) is 0. The number of hydrogen-bond acceptors (Lipinski definition) is 7. The van der Waals surface area contributed by atoms with Crippen LogP contribution in [0.1, 0.15) is 49.7 Å². The number of hydrogen-bond donors (Lipinski definition) is 2. The fourth-order valence-corrected chi connectivity index (χ4v) is 4.84. The minimum atomic E-state index is -3.31. The number of allylic oxidation sites excluding steroid dienone is 1. The average molecular weight is 451 g/mol. The highest BCUT2D eigenvalue weighted by molar-refractivity contribution is 7.90. The van der Waals surface area contributed by atoms with Crippen molar-refractivity contribution in [3.63, 3.8) is 0 Å². The third kappa shape index (κ3) is 5.75. The number of nitrogens with one attached hydrogen (secondary N) is 1. The minimum Gasteiger partial charge on any atom is -0.363 e. The summed E-state index contributed by atoms with van der Waals surface area (Å²) in [6.07, 6.45) is 7.47. The van der Waals surface area contributed by atoms with Gasteiger partial charge in [0.2, 0.25) is 0 Å². The predicted molar refractivity (Wildman–Crippen MR) is 117 cm³/mol. The Kier molecular flexibility index (Phi) is 7.41. The molecular formula is C21H26N2O5S2. The van der Waals surface area contributed by atoms with E-state index >= 15 is 0 Å². The van der Waals surface area contributed by atoms with Crippen molar-refractivity contribution in [3.8, 4) is 0 Å². The lowest BCUT2D eigenvalue weighted by Crippen LogP contribution is -2.14. The molecule has 3 rings (SSSR count). The fraction of sp³-hybridized carbons (Fsp3) is 0.429. The molecule has 1 aliphatic rings. The molecule has 1 heterocycles. The number of sulfone groups is 1. The SMILES string of the molecule is COC(O)c1csc(NC(=O)/C(=C/CC2CCCC2)c2ccc(S(C)(=O)=O)cc2)n1. The molecule has 0 bridgehead atoms. The maximum absolute atomic E-state index is 13.0. The van der Waals surface area contributed by atoms with Gasteiger partial charge in [-0.2, -0.15) is 0 Å². The molecule has 9 heteroatoms. The lowest BCUT2D eigenvalue weighted by Gasteiger charge is -2.11. The fourth-order valence-electron chi connectivity index (χ4n) is 3.50. The molecule has 1 aromatic carbocycles. The van der Waals surface area contributed by atoms with Crippen molar-refractivity contribution >= 4 is 37.8 Å². The van der Waals surface area contributed by atoms with E-state index in [1.165, 1.54) is 43.4 Å². The zero-order chi connectivity index (χ0) is 21.7. The van der Waals surface area contributed by atoms with Crippen LogP contribution in [0, 0.1) is 5.92 Å². The van der Waals surface area contributed by atoms with E-state index in [4.69, 9.17) is 4.74 Å². The highest BCUT2D eigenvalue weighted by Crippen LogP contribution is 2.30. The molecule has 0 saturated heterocycles.